The molecule has 14 heavy (non-hydrogen) atoms. The van der Waals surface area contributed by atoms with Crippen molar-refractivity contribution in [2.75, 3.05) is 19.8 Å². The molecule has 0 saturated carbocycles. The van der Waals surface area contributed by atoms with E-state index in [4.69, 9.17) is 10.5 Å². The van der Waals surface area contributed by atoms with E-state index in [0.717, 1.165) is 12.1 Å². The van der Waals surface area contributed by atoms with Gasteiger partial charge in [-0.2, -0.15) is 0 Å². The van der Waals surface area contributed by atoms with Crippen LogP contribution in [-0.4, -0.2) is 30.9 Å². The number of benzene rings is 1. The zero-order valence-electron chi connectivity index (χ0n) is 8.53. The highest BCUT2D eigenvalue weighted by Crippen LogP contribution is 2.20. The van der Waals surface area contributed by atoms with E-state index in [1.165, 1.54) is 0 Å². The number of anilines is 1. The van der Waals surface area contributed by atoms with Crippen LogP contribution in [0.5, 0.6) is 5.75 Å². The molecule has 0 aliphatic heterocycles. The van der Waals surface area contributed by atoms with E-state index in [1.807, 2.05) is 31.9 Å². The van der Waals surface area contributed by atoms with Gasteiger partial charge in [0.15, 0.2) is 0 Å². The van der Waals surface area contributed by atoms with Crippen molar-refractivity contribution in [2.45, 2.75) is 6.54 Å². The lowest BCUT2D eigenvalue weighted by Crippen LogP contribution is -2.10. The lowest BCUT2D eigenvalue weighted by Gasteiger charge is -2.10. The molecule has 0 aliphatic carbocycles. The van der Waals surface area contributed by atoms with Gasteiger partial charge in [0.2, 0.25) is 0 Å². The van der Waals surface area contributed by atoms with Crippen LogP contribution in [0.1, 0.15) is 5.56 Å². The zero-order chi connectivity index (χ0) is 11.1. The van der Waals surface area contributed by atoms with Gasteiger partial charge in [0.05, 0.1) is 5.69 Å². The van der Waals surface area contributed by atoms with Crippen LogP contribution in [0.4, 0.5) is 5.69 Å². The van der Waals surface area contributed by atoms with E-state index < -0.39 is 0 Å². The van der Waals surface area contributed by atoms with Gasteiger partial charge >= 0.3 is 0 Å². The Morgan fingerprint density at radius 1 is 1.43 bits per heavy atom. The van der Waals surface area contributed by atoms with Crippen LogP contribution in [0, 0.1) is 0 Å². The van der Waals surface area contributed by atoms with Gasteiger partial charge in [-0.3, -0.25) is 0 Å². The van der Waals surface area contributed by atoms with Crippen molar-refractivity contribution in [1.29, 1.82) is 0 Å². The predicted octanol–water partition coefficient (Wildman–Crippen LogP) is 0.851. The number of hydrogen-bond donors (Lipinski definition) is 2. The molecule has 0 aliphatic rings. The fourth-order valence-corrected chi connectivity index (χ4v) is 1.05. The summed E-state index contributed by atoms with van der Waals surface area (Å²) in [5.74, 6) is 0.161. The molecule has 4 nitrogen and oxygen atoms in total. The minimum atomic E-state index is 0.161. The van der Waals surface area contributed by atoms with Gasteiger partial charge in [-0.1, -0.05) is 6.07 Å². The number of nitrogen functional groups attached to an aromatic ring is 1. The Kier molecular flexibility index (Phi) is 5.33. The summed E-state index contributed by atoms with van der Waals surface area (Å²) in [7, 11) is 3.96. The van der Waals surface area contributed by atoms with Crippen LogP contribution in [0.3, 0.4) is 0 Å². The molecular weight excluding hydrogens is 180 g/mol. The molecule has 0 fully saturated rings. The van der Waals surface area contributed by atoms with Gasteiger partial charge in [-0.15, -0.1) is 0 Å². The number of carbonyl (C=O) groups excluding carboxylic acids is 1. The van der Waals surface area contributed by atoms with Crippen LogP contribution < -0.4 is 5.73 Å². The third-order valence-electron chi connectivity index (χ3n) is 1.59. The normalized spacial score (nSPS) is 9.36. The second kappa shape index (κ2) is 5.99. The van der Waals surface area contributed by atoms with Crippen molar-refractivity contribution in [3.05, 3.63) is 23.8 Å². The molecule has 0 amide bonds. The number of nitrogens with zero attached hydrogens (tertiary/aromatic N) is 1. The average molecular weight is 196 g/mol. The number of hydrogen-bond acceptors (Lipinski definition) is 4. The number of rotatable bonds is 2. The summed E-state index contributed by atoms with van der Waals surface area (Å²) in [6.07, 6.45) is 0. The second-order valence-electron chi connectivity index (χ2n) is 3.13. The highest BCUT2D eigenvalue weighted by molar-refractivity contribution is 5.52. The average Bonchev–Trinajstić information content (AvgIpc) is 2.14. The van der Waals surface area contributed by atoms with Crippen molar-refractivity contribution < 1.29 is 9.90 Å². The third kappa shape index (κ3) is 3.91. The Hall–Kier alpha value is -1.55. The largest absolute Gasteiger partial charge is 0.506 e. The van der Waals surface area contributed by atoms with Gasteiger partial charge in [0, 0.05) is 6.54 Å². The fourth-order valence-electron chi connectivity index (χ4n) is 1.05. The van der Waals surface area contributed by atoms with E-state index in [2.05, 4.69) is 0 Å². The fraction of sp³-hybridized carbons (Fsp3) is 0.300. The van der Waals surface area contributed by atoms with Crippen LogP contribution in [0.15, 0.2) is 18.2 Å². The first-order valence-corrected chi connectivity index (χ1v) is 4.10. The second-order valence-corrected chi connectivity index (χ2v) is 3.13. The first-order chi connectivity index (χ1) is 6.59. The lowest BCUT2D eigenvalue weighted by molar-refractivity contribution is -0.0979. The maximum atomic E-state index is 9.27. The number of aromatic hydroxyl groups is 1. The minimum absolute atomic E-state index is 0.161. The van der Waals surface area contributed by atoms with Crippen LogP contribution in [0.25, 0.3) is 0 Å². The van der Waals surface area contributed by atoms with Crippen molar-refractivity contribution in [2.24, 2.45) is 0 Å². The summed E-state index contributed by atoms with van der Waals surface area (Å²) in [6, 6.07) is 5.32. The van der Waals surface area contributed by atoms with Crippen LogP contribution in [0.2, 0.25) is 0 Å². The van der Waals surface area contributed by atoms with Gasteiger partial charge < -0.3 is 20.5 Å². The highest BCUT2D eigenvalue weighted by Gasteiger charge is 1.99. The number of phenols is 1. The highest BCUT2D eigenvalue weighted by atomic mass is 16.3. The molecule has 0 bridgehead atoms. The summed E-state index contributed by atoms with van der Waals surface area (Å²) in [5.41, 5.74) is 6.95. The summed E-state index contributed by atoms with van der Waals surface area (Å²) in [5, 5.41) is 9.27. The zero-order valence-corrected chi connectivity index (χ0v) is 8.53. The Bertz CT molecular complexity index is 287. The van der Waals surface area contributed by atoms with E-state index in [1.54, 1.807) is 12.1 Å². The quantitative estimate of drug-likeness (QED) is 0.543. The van der Waals surface area contributed by atoms with E-state index >= 15 is 0 Å². The lowest BCUT2D eigenvalue weighted by atomic mass is 10.2. The summed E-state index contributed by atoms with van der Waals surface area (Å²) in [6.45, 7) is 2.81. The molecule has 78 valence electrons. The summed E-state index contributed by atoms with van der Waals surface area (Å²) < 4.78 is 0. The topological polar surface area (TPSA) is 66.6 Å². The van der Waals surface area contributed by atoms with E-state index in [9.17, 15) is 5.11 Å². The first kappa shape index (κ1) is 12.4. The SMILES string of the molecule is C=O.CN(C)Cc1ccc(N)c(O)c1. The molecule has 0 saturated heterocycles. The summed E-state index contributed by atoms with van der Waals surface area (Å²) in [4.78, 5) is 10.0. The Labute approximate surface area is 84.0 Å². The molecule has 0 aromatic heterocycles. The molecule has 1 rings (SSSR count). The van der Waals surface area contributed by atoms with E-state index in [0.29, 0.717) is 5.69 Å². The Balaban J connectivity index is 0.000000791. The monoisotopic (exact) mass is 196 g/mol. The van der Waals surface area contributed by atoms with Gasteiger partial charge in [0.1, 0.15) is 12.5 Å². The predicted molar refractivity (Wildman–Crippen MR) is 57.0 cm³/mol. The summed E-state index contributed by atoms with van der Waals surface area (Å²) >= 11 is 0. The smallest absolute Gasteiger partial charge is 0.138 e. The Morgan fingerprint density at radius 3 is 2.43 bits per heavy atom. The van der Waals surface area contributed by atoms with Crippen LogP contribution >= 0.6 is 0 Å². The van der Waals surface area contributed by atoms with Crippen LogP contribution in [-0.2, 0) is 11.3 Å². The molecule has 0 radical (unpaired) electrons. The molecule has 0 heterocycles. The molecule has 1 aromatic rings. The standard InChI is InChI=1S/C9H14N2O.CH2O/c1-11(2)6-7-3-4-8(10)9(12)5-7;1-2/h3-5,12H,6,10H2,1-2H3;1H2. The third-order valence-corrected chi connectivity index (χ3v) is 1.59. The van der Waals surface area contributed by atoms with Gasteiger partial charge in [0.25, 0.3) is 0 Å². The molecule has 0 unspecified atom stereocenters. The molecule has 0 spiro atoms. The maximum absolute atomic E-state index is 9.27. The van der Waals surface area contributed by atoms with Crippen molar-refractivity contribution >= 4 is 12.5 Å². The molecule has 0 atom stereocenters. The van der Waals surface area contributed by atoms with Gasteiger partial charge in [-0.05, 0) is 31.8 Å². The number of nitrogens with two attached hydrogens (primary N) is 1. The molecule has 3 N–H and O–H groups in total. The first-order valence-electron chi connectivity index (χ1n) is 4.10. The number of phenolic OH excluding ortho intramolecular Hbond substituents is 1. The van der Waals surface area contributed by atoms with Gasteiger partial charge in [-0.25, -0.2) is 0 Å². The minimum Gasteiger partial charge on any atom is -0.506 e. The van der Waals surface area contributed by atoms with Crippen molar-refractivity contribution in [3.8, 4) is 5.75 Å². The molecular formula is C10H16N2O2. The van der Waals surface area contributed by atoms with Crippen molar-refractivity contribution in [3.63, 3.8) is 0 Å². The number of carbonyl (C=O) groups is 1. The molecule has 4 heteroatoms. The Morgan fingerprint density at radius 2 is 2.00 bits per heavy atom. The maximum Gasteiger partial charge on any atom is 0.138 e. The van der Waals surface area contributed by atoms with E-state index in [-0.39, 0.29) is 5.75 Å². The molecule has 1 aromatic carbocycles. The van der Waals surface area contributed by atoms with Crippen molar-refractivity contribution in [1.82, 2.24) is 4.90 Å².